The third kappa shape index (κ3) is 3.19. The molecule has 2 saturated heterocycles. The topological polar surface area (TPSA) is 52.6 Å². The second-order valence-corrected chi connectivity index (χ2v) is 5.47. The number of rotatable bonds is 2. The van der Waals surface area contributed by atoms with Crippen LogP contribution in [0.4, 0.5) is 0 Å². The molecule has 2 aliphatic rings. The van der Waals surface area contributed by atoms with Crippen molar-refractivity contribution in [1.29, 1.82) is 0 Å². The molecule has 2 N–H and O–H groups in total. The van der Waals surface area contributed by atoms with Crippen LogP contribution >= 0.6 is 0 Å². The summed E-state index contributed by atoms with van der Waals surface area (Å²) in [6, 6.07) is 0. The van der Waals surface area contributed by atoms with Crippen LogP contribution < -0.4 is 5.32 Å². The van der Waals surface area contributed by atoms with Gasteiger partial charge in [0.15, 0.2) is 0 Å². The zero-order valence-corrected chi connectivity index (χ0v) is 10.7. The van der Waals surface area contributed by atoms with Crippen molar-refractivity contribution in [3.05, 3.63) is 0 Å². The first kappa shape index (κ1) is 12.8. The number of hydrogen-bond acceptors (Lipinski definition) is 3. The van der Waals surface area contributed by atoms with E-state index in [2.05, 4.69) is 5.32 Å². The van der Waals surface area contributed by atoms with E-state index in [4.69, 9.17) is 0 Å². The largest absolute Gasteiger partial charge is 0.393 e. The molecule has 2 aliphatic heterocycles. The maximum atomic E-state index is 12.3. The van der Waals surface area contributed by atoms with Crippen molar-refractivity contribution >= 4 is 5.91 Å². The Morgan fingerprint density at radius 1 is 1.41 bits per heavy atom. The van der Waals surface area contributed by atoms with E-state index in [1.54, 1.807) is 0 Å². The van der Waals surface area contributed by atoms with Crippen LogP contribution in [-0.2, 0) is 4.79 Å². The summed E-state index contributed by atoms with van der Waals surface area (Å²) in [7, 11) is 0. The summed E-state index contributed by atoms with van der Waals surface area (Å²) in [6.07, 6.45) is 3.90. The van der Waals surface area contributed by atoms with Crippen molar-refractivity contribution in [3.63, 3.8) is 0 Å². The van der Waals surface area contributed by atoms with Crippen LogP contribution in [0.15, 0.2) is 0 Å². The predicted octanol–water partition coefficient (Wildman–Crippen LogP) is 0.605. The first-order valence-electron chi connectivity index (χ1n) is 6.86. The molecule has 0 spiro atoms. The van der Waals surface area contributed by atoms with E-state index in [9.17, 15) is 9.90 Å². The molecule has 4 heteroatoms. The highest BCUT2D eigenvalue weighted by Gasteiger charge is 2.30. The minimum absolute atomic E-state index is 0.163. The number of piperidine rings is 2. The molecule has 98 valence electrons. The third-order valence-electron chi connectivity index (χ3n) is 4.10. The molecule has 4 nitrogen and oxygen atoms in total. The zero-order chi connectivity index (χ0) is 12.3. The molecular weight excluding hydrogens is 216 g/mol. The van der Waals surface area contributed by atoms with Crippen LogP contribution in [-0.4, -0.2) is 48.2 Å². The Morgan fingerprint density at radius 2 is 2.24 bits per heavy atom. The maximum Gasteiger partial charge on any atom is 0.226 e. The van der Waals surface area contributed by atoms with Crippen LogP contribution in [0.2, 0.25) is 0 Å². The molecule has 2 rings (SSSR count). The molecule has 1 amide bonds. The number of likely N-dealkylation sites (tertiary alicyclic amines) is 1. The molecule has 0 unspecified atom stereocenters. The Bertz CT molecular complexity index is 262. The summed E-state index contributed by atoms with van der Waals surface area (Å²) in [5.74, 6) is 0.725. The number of amides is 1. The second-order valence-electron chi connectivity index (χ2n) is 5.47. The fourth-order valence-corrected chi connectivity index (χ4v) is 2.92. The summed E-state index contributed by atoms with van der Waals surface area (Å²) < 4.78 is 0. The first-order chi connectivity index (χ1) is 8.18. The van der Waals surface area contributed by atoms with Gasteiger partial charge in [0.2, 0.25) is 5.91 Å². The fourth-order valence-electron chi connectivity index (χ4n) is 2.92. The molecule has 2 fully saturated rings. The van der Waals surface area contributed by atoms with E-state index < -0.39 is 0 Å². The number of aliphatic hydroxyl groups is 1. The summed E-state index contributed by atoms with van der Waals surface area (Å²) in [4.78, 5) is 14.3. The highest BCUT2D eigenvalue weighted by atomic mass is 16.3. The van der Waals surface area contributed by atoms with E-state index in [0.29, 0.717) is 5.91 Å². The Labute approximate surface area is 103 Å². The van der Waals surface area contributed by atoms with E-state index in [1.165, 1.54) is 0 Å². The number of carbonyl (C=O) groups is 1. The minimum Gasteiger partial charge on any atom is -0.393 e. The van der Waals surface area contributed by atoms with Gasteiger partial charge in [-0.05, 0) is 39.2 Å². The fraction of sp³-hybridized carbons (Fsp3) is 0.923. The Hall–Kier alpha value is -0.610. The molecule has 17 heavy (non-hydrogen) atoms. The molecule has 2 heterocycles. The highest BCUT2D eigenvalue weighted by Crippen LogP contribution is 2.22. The lowest BCUT2D eigenvalue weighted by molar-refractivity contribution is -0.138. The molecule has 0 aromatic rings. The van der Waals surface area contributed by atoms with Crippen LogP contribution in [0.25, 0.3) is 0 Å². The highest BCUT2D eigenvalue weighted by molar-refractivity contribution is 5.79. The number of carbonyl (C=O) groups excluding carboxylic acids is 1. The lowest BCUT2D eigenvalue weighted by Gasteiger charge is -2.37. The van der Waals surface area contributed by atoms with E-state index in [-0.39, 0.29) is 17.9 Å². The molecular formula is C13H24N2O2. The Kier molecular flexibility index (Phi) is 4.40. The second kappa shape index (κ2) is 5.83. The molecule has 0 aliphatic carbocycles. The molecule has 0 aromatic heterocycles. The van der Waals surface area contributed by atoms with E-state index in [0.717, 1.165) is 51.9 Å². The lowest BCUT2D eigenvalue weighted by Crippen LogP contribution is -2.48. The number of nitrogens with zero attached hydrogens (tertiary/aromatic N) is 1. The Morgan fingerprint density at radius 3 is 2.88 bits per heavy atom. The van der Waals surface area contributed by atoms with Crippen molar-refractivity contribution < 1.29 is 9.90 Å². The minimum atomic E-state index is -0.296. The van der Waals surface area contributed by atoms with Gasteiger partial charge in [0.25, 0.3) is 0 Å². The maximum absolute atomic E-state index is 12.3. The zero-order valence-electron chi connectivity index (χ0n) is 10.7. The van der Waals surface area contributed by atoms with Gasteiger partial charge < -0.3 is 15.3 Å². The van der Waals surface area contributed by atoms with Crippen molar-refractivity contribution in [2.24, 2.45) is 11.8 Å². The van der Waals surface area contributed by atoms with Crippen LogP contribution in [0.5, 0.6) is 0 Å². The van der Waals surface area contributed by atoms with Gasteiger partial charge in [-0.25, -0.2) is 0 Å². The van der Waals surface area contributed by atoms with Crippen LogP contribution in [0.1, 0.15) is 32.6 Å². The van der Waals surface area contributed by atoms with Gasteiger partial charge in [-0.2, -0.15) is 0 Å². The average molecular weight is 240 g/mol. The Balaban J connectivity index is 1.89. The molecule has 0 bridgehead atoms. The normalized spacial score (nSPS) is 32.2. The average Bonchev–Trinajstić information content (AvgIpc) is 2.39. The van der Waals surface area contributed by atoms with Crippen molar-refractivity contribution in [2.75, 3.05) is 26.2 Å². The van der Waals surface area contributed by atoms with Gasteiger partial charge in [0.1, 0.15) is 0 Å². The molecule has 3 atom stereocenters. The monoisotopic (exact) mass is 240 g/mol. The predicted molar refractivity (Wildman–Crippen MR) is 66.6 cm³/mol. The van der Waals surface area contributed by atoms with Crippen molar-refractivity contribution in [2.45, 2.75) is 38.7 Å². The number of nitrogens with one attached hydrogen (secondary N) is 1. The summed E-state index contributed by atoms with van der Waals surface area (Å²) in [5.41, 5.74) is 0. The van der Waals surface area contributed by atoms with Crippen molar-refractivity contribution in [1.82, 2.24) is 10.2 Å². The summed E-state index contributed by atoms with van der Waals surface area (Å²) in [6.45, 7) is 5.32. The van der Waals surface area contributed by atoms with E-state index in [1.807, 2.05) is 11.8 Å². The SMILES string of the molecule is C[C@H](O)[C@@H]1CCCN(C(=O)[C@H]2CCCNC2)C1. The molecule has 0 aromatic carbocycles. The van der Waals surface area contributed by atoms with Gasteiger partial charge in [0.05, 0.1) is 12.0 Å². The lowest BCUT2D eigenvalue weighted by atomic mass is 9.91. The third-order valence-corrected chi connectivity index (χ3v) is 4.10. The smallest absolute Gasteiger partial charge is 0.226 e. The van der Waals surface area contributed by atoms with Gasteiger partial charge in [-0.1, -0.05) is 0 Å². The van der Waals surface area contributed by atoms with Gasteiger partial charge >= 0.3 is 0 Å². The van der Waals surface area contributed by atoms with Crippen LogP contribution in [0, 0.1) is 11.8 Å². The first-order valence-corrected chi connectivity index (χ1v) is 6.86. The van der Waals surface area contributed by atoms with Gasteiger partial charge in [-0.15, -0.1) is 0 Å². The van der Waals surface area contributed by atoms with Crippen molar-refractivity contribution in [3.8, 4) is 0 Å². The van der Waals surface area contributed by atoms with Crippen LogP contribution in [0.3, 0.4) is 0 Å². The molecule has 0 saturated carbocycles. The number of hydrogen-bond donors (Lipinski definition) is 2. The summed E-state index contributed by atoms with van der Waals surface area (Å²) >= 11 is 0. The number of aliphatic hydroxyl groups excluding tert-OH is 1. The van der Waals surface area contributed by atoms with E-state index >= 15 is 0 Å². The van der Waals surface area contributed by atoms with Gasteiger partial charge in [-0.3, -0.25) is 4.79 Å². The standard InChI is InChI=1S/C13H24N2O2/c1-10(16)12-5-3-7-15(9-12)13(17)11-4-2-6-14-8-11/h10-12,14,16H,2-9H2,1H3/t10-,11-,12+/m0/s1. The van der Waals surface area contributed by atoms with Gasteiger partial charge in [0, 0.05) is 25.6 Å². The quantitative estimate of drug-likeness (QED) is 0.743. The molecule has 0 radical (unpaired) electrons. The summed E-state index contributed by atoms with van der Waals surface area (Å²) in [5, 5.41) is 12.9.